The van der Waals surface area contributed by atoms with Crippen molar-refractivity contribution < 1.29 is 0 Å². The highest BCUT2D eigenvalue weighted by Crippen LogP contribution is 2.30. The van der Waals surface area contributed by atoms with Gasteiger partial charge in [-0.05, 0) is 41.8 Å². The summed E-state index contributed by atoms with van der Waals surface area (Å²) < 4.78 is 2.13. The van der Waals surface area contributed by atoms with E-state index in [1.54, 1.807) is 11.8 Å². The Kier molecular flexibility index (Phi) is 5.79. The summed E-state index contributed by atoms with van der Waals surface area (Å²) in [5.74, 6) is 1.62. The zero-order valence-electron chi connectivity index (χ0n) is 15.5. The van der Waals surface area contributed by atoms with Crippen LogP contribution >= 0.6 is 23.4 Å². The van der Waals surface area contributed by atoms with Gasteiger partial charge in [0.2, 0.25) is 0 Å². The van der Waals surface area contributed by atoms with Crippen molar-refractivity contribution in [1.29, 1.82) is 0 Å². The van der Waals surface area contributed by atoms with E-state index in [1.807, 2.05) is 36.4 Å². The molecule has 5 heteroatoms. The van der Waals surface area contributed by atoms with Crippen LogP contribution in [0.15, 0.2) is 84.0 Å². The zero-order chi connectivity index (χ0) is 19.3. The predicted octanol–water partition coefficient (Wildman–Crippen LogP) is 6.44. The minimum absolute atomic E-state index is 0.750. The fourth-order valence-corrected chi connectivity index (χ4v) is 4.13. The van der Waals surface area contributed by atoms with Gasteiger partial charge in [-0.15, -0.1) is 10.2 Å². The quantitative estimate of drug-likeness (QED) is 0.346. The minimum atomic E-state index is 0.750. The molecule has 0 amide bonds. The van der Waals surface area contributed by atoms with E-state index >= 15 is 0 Å². The molecule has 0 radical (unpaired) electrons. The Morgan fingerprint density at radius 1 is 0.857 bits per heavy atom. The summed E-state index contributed by atoms with van der Waals surface area (Å²) in [5.41, 5.74) is 4.58. The Hall–Kier alpha value is -2.56. The molecule has 3 aromatic carbocycles. The van der Waals surface area contributed by atoms with Gasteiger partial charge in [-0.2, -0.15) is 0 Å². The van der Waals surface area contributed by atoms with Crippen molar-refractivity contribution in [2.75, 3.05) is 0 Å². The van der Waals surface area contributed by atoms with Gasteiger partial charge in [0, 0.05) is 22.0 Å². The molecule has 28 heavy (non-hydrogen) atoms. The number of benzene rings is 3. The molecule has 3 nitrogen and oxygen atoms in total. The smallest absolute Gasteiger partial charge is 0.196 e. The van der Waals surface area contributed by atoms with Crippen LogP contribution in [0.1, 0.15) is 18.1 Å². The molecule has 0 unspecified atom stereocenters. The van der Waals surface area contributed by atoms with E-state index in [-0.39, 0.29) is 0 Å². The number of nitrogens with zero attached hydrogens (tertiary/aromatic N) is 3. The largest absolute Gasteiger partial charge is 0.270 e. The fraction of sp³-hybridized carbons (Fsp3) is 0.130. The van der Waals surface area contributed by atoms with Crippen molar-refractivity contribution in [1.82, 2.24) is 14.8 Å². The van der Waals surface area contributed by atoms with Crippen molar-refractivity contribution >= 4 is 23.4 Å². The molecule has 0 saturated carbocycles. The van der Waals surface area contributed by atoms with Crippen molar-refractivity contribution in [2.24, 2.45) is 0 Å². The van der Waals surface area contributed by atoms with E-state index in [0.29, 0.717) is 0 Å². The average molecular weight is 406 g/mol. The Balaban J connectivity index is 1.72. The second-order valence-corrected chi connectivity index (χ2v) is 7.83. The van der Waals surface area contributed by atoms with Crippen LogP contribution in [0, 0.1) is 0 Å². The van der Waals surface area contributed by atoms with Crippen molar-refractivity contribution in [3.8, 4) is 17.1 Å². The van der Waals surface area contributed by atoms with E-state index in [2.05, 4.69) is 64.2 Å². The number of thioether (sulfide) groups is 1. The van der Waals surface area contributed by atoms with Crippen molar-refractivity contribution in [3.63, 3.8) is 0 Å². The first-order valence-electron chi connectivity index (χ1n) is 9.22. The van der Waals surface area contributed by atoms with Gasteiger partial charge in [-0.3, -0.25) is 4.57 Å². The van der Waals surface area contributed by atoms with Crippen LogP contribution in [0.2, 0.25) is 5.02 Å². The van der Waals surface area contributed by atoms with Crippen LogP contribution in [-0.4, -0.2) is 14.8 Å². The van der Waals surface area contributed by atoms with Crippen LogP contribution < -0.4 is 0 Å². The molecule has 4 rings (SSSR count). The molecule has 0 bridgehead atoms. The molecular weight excluding hydrogens is 386 g/mol. The number of rotatable bonds is 6. The fourth-order valence-electron chi connectivity index (χ4n) is 3.03. The molecule has 0 aliphatic rings. The van der Waals surface area contributed by atoms with E-state index < -0.39 is 0 Å². The van der Waals surface area contributed by atoms with Gasteiger partial charge in [0.05, 0.1) is 0 Å². The third kappa shape index (κ3) is 4.13. The summed E-state index contributed by atoms with van der Waals surface area (Å²) in [6.07, 6.45) is 1.02. The Morgan fingerprint density at radius 2 is 1.64 bits per heavy atom. The summed E-state index contributed by atoms with van der Waals surface area (Å²) in [4.78, 5) is 0. The lowest BCUT2D eigenvalue weighted by Crippen LogP contribution is -2.00. The maximum Gasteiger partial charge on any atom is 0.196 e. The minimum Gasteiger partial charge on any atom is -0.270 e. The summed E-state index contributed by atoms with van der Waals surface area (Å²) in [7, 11) is 0. The summed E-state index contributed by atoms with van der Waals surface area (Å²) in [6.45, 7) is 2.16. The standard InChI is InChI=1S/C23H20ClN3S/c1-2-17-11-13-21(14-12-17)27-22(19-8-4-3-5-9-19)25-26-23(27)28-16-18-7-6-10-20(24)15-18/h3-15H,2,16H2,1H3. The SMILES string of the molecule is CCc1ccc(-n2c(SCc3cccc(Cl)c3)nnc2-c2ccccc2)cc1. The van der Waals surface area contributed by atoms with Gasteiger partial charge >= 0.3 is 0 Å². The van der Waals surface area contributed by atoms with E-state index in [0.717, 1.165) is 45.0 Å². The molecule has 0 saturated heterocycles. The van der Waals surface area contributed by atoms with Gasteiger partial charge in [-0.25, -0.2) is 0 Å². The van der Waals surface area contributed by atoms with Gasteiger partial charge in [-0.1, -0.05) is 84.9 Å². The monoisotopic (exact) mass is 405 g/mol. The topological polar surface area (TPSA) is 30.7 Å². The molecule has 0 atom stereocenters. The normalized spacial score (nSPS) is 10.9. The highest BCUT2D eigenvalue weighted by Gasteiger charge is 2.16. The Labute approximate surface area is 174 Å². The van der Waals surface area contributed by atoms with Gasteiger partial charge < -0.3 is 0 Å². The van der Waals surface area contributed by atoms with Crippen LogP contribution in [-0.2, 0) is 12.2 Å². The first-order valence-corrected chi connectivity index (χ1v) is 10.6. The van der Waals surface area contributed by atoms with E-state index in [1.165, 1.54) is 5.56 Å². The van der Waals surface area contributed by atoms with E-state index in [9.17, 15) is 0 Å². The van der Waals surface area contributed by atoms with Gasteiger partial charge in [0.15, 0.2) is 11.0 Å². The molecule has 0 aliphatic carbocycles. The second kappa shape index (κ2) is 8.63. The number of hydrogen-bond donors (Lipinski definition) is 0. The first kappa shape index (κ1) is 18.8. The molecule has 0 aliphatic heterocycles. The van der Waals surface area contributed by atoms with Crippen LogP contribution in [0.5, 0.6) is 0 Å². The van der Waals surface area contributed by atoms with Gasteiger partial charge in [0.25, 0.3) is 0 Å². The molecule has 4 aromatic rings. The highest BCUT2D eigenvalue weighted by molar-refractivity contribution is 7.98. The van der Waals surface area contributed by atoms with Crippen LogP contribution in [0.3, 0.4) is 0 Å². The Bertz CT molecular complexity index is 1060. The lowest BCUT2D eigenvalue weighted by molar-refractivity contribution is 0.885. The molecule has 0 fully saturated rings. The number of aryl methyl sites for hydroxylation is 1. The predicted molar refractivity (Wildman–Crippen MR) is 117 cm³/mol. The van der Waals surface area contributed by atoms with Crippen LogP contribution in [0.25, 0.3) is 17.1 Å². The molecule has 0 N–H and O–H groups in total. The van der Waals surface area contributed by atoms with E-state index in [4.69, 9.17) is 11.6 Å². The Morgan fingerprint density at radius 3 is 2.36 bits per heavy atom. The molecule has 1 heterocycles. The van der Waals surface area contributed by atoms with Crippen molar-refractivity contribution in [2.45, 2.75) is 24.3 Å². The molecule has 0 spiro atoms. The average Bonchev–Trinajstić information content (AvgIpc) is 3.17. The summed E-state index contributed by atoms with van der Waals surface area (Å²) in [6, 6.07) is 26.7. The maximum absolute atomic E-state index is 6.12. The number of hydrogen-bond acceptors (Lipinski definition) is 3. The maximum atomic E-state index is 6.12. The highest BCUT2D eigenvalue weighted by atomic mass is 35.5. The molecule has 1 aromatic heterocycles. The zero-order valence-corrected chi connectivity index (χ0v) is 17.1. The first-order chi connectivity index (χ1) is 13.7. The summed E-state index contributed by atoms with van der Waals surface area (Å²) in [5, 5.41) is 10.6. The third-order valence-electron chi connectivity index (χ3n) is 4.53. The lowest BCUT2D eigenvalue weighted by Gasteiger charge is -2.11. The van der Waals surface area contributed by atoms with Crippen LogP contribution in [0.4, 0.5) is 0 Å². The second-order valence-electron chi connectivity index (χ2n) is 6.45. The summed E-state index contributed by atoms with van der Waals surface area (Å²) >= 11 is 7.78. The lowest BCUT2D eigenvalue weighted by atomic mass is 10.1. The number of aromatic nitrogens is 3. The van der Waals surface area contributed by atoms with Crippen molar-refractivity contribution in [3.05, 3.63) is 95.0 Å². The third-order valence-corrected chi connectivity index (χ3v) is 5.76. The molecule has 140 valence electrons. The van der Waals surface area contributed by atoms with Gasteiger partial charge in [0.1, 0.15) is 0 Å². The molecular formula is C23H20ClN3S. The number of halogens is 1.